The molecule has 0 aromatic carbocycles. The molecule has 3 rings (SSSR count). The second kappa shape index (κ2) is 5.04. The van der Waals surface area contributed by atoms with Crippen LogP contribution in [0.5, 0.6) is 0 Å². The van der Waals surface area contributed by atoms with Gasteiger partial charge in [0, 0.05) is 18.3 Å². The first-order chi connectivity index (χ1) is 8.39. The molecular formula is C13H21N3S. The molecule has 1 aliphatic heterocycles. The van der Waals surface area contributed by atoms with E-state index in [1.807, 2.05) is 5.51 Å². The van der Waals surface area contributed by atoms with Crippen LogP contribution in [-0.2, 0) is 6.42 Å². The van der Waals surface area contributed by atoms with Gasteiger partial charge < -0.3 is 10.6 Å². The number of aromatic nitrogens is 1. The molecule has 0 radical (unpaired) electrons. The van der Waals surface area contributed by atoms with E-state index in [0.29, 0.717) is 0 Å². The summed E-state index contributed by atoms with van der Waals surface area (Å²) in [6, 6.07) is 0. The topological polar surface area (TPSA) is 37.0 Å². The Bertz CT molecular complexity index is 344. The summed E-state index contributed by atoms with van der Waals surface area (Å²) < 4.78 is 0. The first-order valence-corrected chi connectivity index (χ1v) is 7.62. The summed E-state index contributed by atoms with van der Waals surface area (Å²) >= 11 is 1.69. The van der Waals surface area contributed by atoms with Crippen molar-refractivity contribution in [3.63, 3.8) is 0 Å². The van der Waals surface area contributed by atoms with Crippen LogP contribution in [0.1, 0.15) is 25.0 Å². The molecule has 3 nitrogen and oxygen atoms in total. The molecule has 0 bridgehead atoms. The van der Waals surface area contributed by atoms with Crippen LogP contribution in [0.4, 0.5) is 0 Å². The molecule has 2 heterocycles. The van der Waals surface area contributed by atoms with E-state index in [2.05, 4.69) is 21.0 Å². The van der Waals surface area contributed by atoms with Gasteiger partial charge in [0.15, 0.2) is 0 Å². The molecule has 1 atom stereocenters. The Kier molecular flexibility index (Phi) is 3.45. The second-order valence-electron chi connectivity index (χ2n) is 5.45. The van der Waals surface area contributed by atoms with Crippen LogP contribution in [0.3, 0.4) is 0 Å². The monoisotopic (exact) mass is 251 g/mol. The molecule has 2 aliphatic rings. The summed E-state index contributed by atoms with van der Waals surface area (Å²) in [7, 11) is 0. The second-order valence-corrected chi connectivity index (χ2v) is 6.17. The molecule has 1 spiro atoms. The maximum atomic E-state index is 4.30. The first kappa shape index (κ1) is 11.6. The van der Waals surface area contributed by atoms with Crippen molar-refractivity contribution in [3.05, 3.63) is 16.6 Å². The Hall–Kier alpha value is -0.450. The highest BCUT2D eigenvalue weighted by Crippen LogP contribution is 2.58. The van der Waals surface area contributed by atoms with Crippen LogP contribution in [0.25, 0.3) is 0 Å². The number of piperidine rings is 1. The molecule has 17 heavy (non-hydrogen) atoms. The molecule has 1 aromatic heterocycles. The number of nitrogens with one attached hydrogen (secondary N) is 2. The van der Waals surface area contributed by atoms with Crippen LogP contribution in [-0.4, -0.2) is 31.2 Å². The zero-order valence-corrected chi connectivity index (χ0v) is 11.1. The average Bonchev–Trinajstić information content (AvgIpc) is 2.80. The van der Waals surface area contributed by atoms with Crippen molar-refractivity contribution in [1.82, 2.24) is 15.6 Å². The van der Waals surface area contributed by atoms with Crippen molar-refractivity contribution in [2.45, 2.75) is 25.7 Å². The third-order valence-electron chi connectivity index (χ3n) is 4.39. The van der Waals surface area contributed by atoms with Crippen LogP contribution in [0.15, 0.2) is 10.9 Å². The Balaban J connectivity index is 1.33. The largest absolute Gasteiger partial charge is 0.317 e. The summed E-state index contributed by atoms with van der Waals surface area (Å²) in [5.41, 5.74) is 3.87. The van der Waals surface area contributed by atoms with Gasteiger partial charge in [0.2, 0.25) is 0 Å². The van der Waals surface area contributed by atoms with E-state index < -0.39 is 0 Å². The molecule has 0 amide bonds. The highest BCUT2D eigenvalue weighted by molar-refractivity contribution is 7.07. The van der Waals surface area contributed by atoms with Gasteiger partial charge in [0.05, 0.1) is 11.2 Å². The predicted molar refractivity (Wildman–Crippen MR) is 71.3 cm³/mol. The van der Waals surface area contributed by atoms with Crippen LogP contribution >= 0.6 is 11.3 Å². The molecule has 1 aliphatic carbocycles. The molecule has 1 saturated heterocycles. The van der Waals surface area contributed by atoms with E-state index in [0.717, 1.165) is 24.3 Å². The van der Waals surface area contributed by atoms with Gasteiger partial charge in [0.25, 0.3) is 0 Å². The minimum Gasteiger partial charge on any atom is -0.317 e. The summed E-state index contributed by atoms with van der Waals surface area (Å²) in [6.07, 6.45) is 5.32. The molecule has 2 N–H and O–H groups in total. The number of nitrogens with zero attached hydrogens (tertiary/aromatic N) is 1. The lowest BCUT2D eigenvalue weighted by atomic mass is 9.92. The van der Waals surface area contributed by atoms with Crippen molar-refractivity contribution < 1.29 is 0 Å². The zero-order valence-electron chi connectivity index (χ0n) is 10.2. The lowest BCUT2D eigenvalue weighted by Gasteiger charge is -2.23. The molecular weight excluding hydrogens is 230 g/mol. The highest BCUT2D eigenvalue weighted by Gasteiger charge is 2.52. The summed E-state index contributed by atoms with van der Waals surface area (Å²) in [4.78, 5) is 4.30. The number of hydrogen-bond donors (Lipinski definition) is 2. The van der Waals surface area contributed by atoms with Gasteiger partial charge in [0.1, 0.15) is 0 Å². The fraction of sp³-hybridized carbons (Fsp3) is 0.769. The fourth-order valence-corrected chi connectivity index (χ4v) is 3.70. The SMILES string of the molecule is c1nc(CCNCC2CC23CCNCC3)cs1. The van der Waals surface area contributed by atoms with Crippen LogP contribution < -0.4 is 10.6 Å². The number of thiazole rings is 1. The smallest absolute Gasteiger partial charge is 0.0794 e. The van der Waals surface area contributed by atoms with E-state index in [-0.39, 0.29) is 0 Å². The van der Waals surface area contributed by atoms with Crippen molar-refractivity contribution in [1.29, 1.82) is 0 Å². The zero-order chi connectivity index (χ0) is 11.6. The van der Waals surface area contributed by atoms with Crippen molar-refractivity contribution in [2.24, 2.45) is 11.3 Å². The molecule has 1 aromatic rings. The molecule has 4 heteroatoms. The van der Waals surface area contributed by atoms with Crippen LogP contribution in [0.2, 0.25) is 0 Å². The maximum absolute atomic E-state index is 4.30. The Morgan fingerprint density at radius 3 is 3.12 bits per heavy atom. The van der Waals surface area contributed by atoms with Gasteiger partial charge in [-0.15, -0.1) is 11.3 Å². The number of hydrogen-bond acceptors (Lipinski definition) is 4. The summed E-state index contributed by atoms with van der Waals surface area (Å²) in [5, 5.41) is 9.21. The summed E-state index contributed by atoms with van der Waals surface area (Å²) in [6.45, 7) is 4.75. The Labute approximate surface area is 107 Å². The van der Waals surface area contributed by atoms with Crippen LogP contribution in [0, 0.1) is 11.3 Å². The third kappa shape index (κ3) is 2.69. The molecule has 1 unspecified atom stereocenters. The quantitative estimate of drug-likeness (QED) is 0.782. The van der Waals surface area contributed by atoms with Gasteiger partial charge in [-0.25, -0.2) is 4.98 Å². The van der Waals surface area contributed by atoms with E-state index in [1.54, 1.807) is 11.3 Å². The van der Waals surface area contributed by atoms with Gasteiger partial charge in [-0.3, -0.25) is 0 Å². The highest BCUT2D eigenvalue weighted by atomic mass is 32.1. The lowest BCUT2D eigenvalue weighted by molar-refractivity contribution is 0.319. The van der Waals surface area contributed by atoms with Gasteiger partial charge in [-0.05, 0) is 50.2 Å². The molecule has 2 fully saturated rings. The minimum absolute atomic E-state index is 0.721. The van der Waals surface area contributed by atoms with Crippen molar-refractivity contribution >= 4 is 11.3 Å². The standard InChI is InChI=1S/C13H21N3S/c1(12-9-17-10-16-12)4-15-8-11-7-13(11)2-5-14-6-3-13/h9-11,14-15H,1-8H2. The molecule has 94 valence electrons. The van der Waals surface area contributed by atoms with Crippen molar-refractivity contribution in [3.8, 4) is 0 Å². The minimum atomic E-state index is 0.721. The van der Waals surface area contributed by atoms with Gasteiger partial charge >= 0.3 is 0 Å². The van der Waals surface area contributed by atoms with E-state index in [9.17, 15) is 0 Å². The number of rotatable bonds is 5. The fourth-order valence-electron chi connectivity index (χ4n) is 3.11. The third-order valence-corrected chi connectivity index (χ3v) is 5.03. The normalized spacial score (nSPS) is 26.2. The predicted octanol–water partition coefficient (Wildman–Crippen LogP) is 1.66. The van der Waals surface area contributed by atoms with Gasteiger partial charge in [-0.2, -0.15) is 0 Å². The van der Waals surface area contributed by atoms with E-state index in [4.69, 9.17) is 0 Å². The van der Waals surface area contributed by atoms with E-state index in [1.165, 1.54) is 44.6 Å². The van der Waals surface area contributed by atoms with Crippen molar-refractivity contribution in [2.75, 3.05) is 26.2 Å². The lowest BCUT2D eigenvalue weighted by Crippen LogP contribution is -2.31. The first-order valence-electron chi connectivity index (χ1n) is 6.68. The Morgan fingerprint density at radius 2 is 2.35 bits per heavy atom. The van der Waals surface area contributed by atoms with Gasteiger partial charge in [-0.1, -0.05) is 0 Å². The Morgan fingerprint density at radius 1 is 1.47 bits per heavy atom. The average molecular weight is 251 g/mol. The maximum Gasteiger partial charge on any atom is 0.0794 e. The summed E-state index contributed by atoms with van der Waals surface area (Å²) in [5.74, 6) is 0.944. The molecule has 1 saturated carbocycles. The van der Waals surface area contributed by atoms with E-state index >= 15 is 0 Å².